The van der Waals surface area contributed by atoms with Crippen molar-refractivity contribution in [3.05, 3.63) is 39.3 Å². The summed E-state index contributed by atoms with van der Waals surface area (Å²) in [5.74, 6) is 0.0117. The van der Waals surface area contributed by atoms with Crippen LogP contribution in [0.5, 0.6) is 5.75 Å². The van der Waals surface area contributed by atoms with Gasteiger partial charge in [0.1, 0.15) is 0 Å². The third-order valence-corrected chi connectivity index (χ3v) is 3.40. The number of H-pyrrole nitrogens is 1. The van der Waals surface area contributed by atoms with E-state index in [0.717, 1.165) is 11.4 Å². The highest BCUT2D eigenvalue weighted by Crippen LogP contribution is 2.37. The smallest absolute Gasteiger partial charge is 0.387 e. The summed E-state index contributed by atoms with van der Waals surface area (Å²) in [6, 6.07) is 3.01. The number of aromatic nitrogens is 2. The first kappa shape index (κ1) is 15.1. The second kappa shape index (κ2) is 6.41. The highest BCUT2D eigenvalue weighted by Gasteiger charge is 2.15. The second-order valence-electron chi connectivity index (χ2n) is 3.97. The van der Waals surface area contributed by atoms with E-state index in [4.69, 9.17) is 11.6 Å². The first-order valence-electron chi connectivity index (χ1n) is 5.64. The Balaban J connectivity index is 2.23. The van der Waals surface area contributed by atoms with Crippen molar-refractivity contribution in [2.24, 2.45) is 0 Å². The van der Waals surface area contributed by atoms with Crippen LogP contribution in [0, 0.1) is 6.92 Å². The molecule has 2 aromatic rings. The average molecular weight is 367 g/mol. The van der Waals surface area contributed by atoms with Gasteiger partial charge in [-0.05, 0) is 35.0 Å². The lowest BCUT2D eigenvalue weighted by Crippen LogP contribution is -2.08. The summed E-state index contributed by atoms with van der Waals surface area (Å²) in [4.78, 5) is 7.05. The molecule has 2 N–H and O–H groups in total. The Bertz CT molecular complexity index is 606. The Morgan fingerprint density at radius 3 is 2.85 bits per heavy atom. The summed E-state index contributed by atoms with van der Waals surface area (Å²) in [5.41, 5.74) is 2.05. The third kappa shape index (κ3) is 3.61. The molecule has 0 unspecified atom stereocenters. The van der Waals surface area contributed by atoms with E-state index >= 15 is 0 Å². The number of alkyl halides is 2. The molecule has 1 aromatic carbocycles. The Morgan fingerprint density at radius 2 is 2.25 bits per heavy atom. The number of aryl methyl sites for hydroxylation is 1. The standard InChI is InChI=1S/C12H11BrClF2N3O/c1-6-10(19-5-18-6)4-17-9-3-7(14)2-8(13)11(9)20-12(15)16/h2-3,5,12,17H,4H2,1H3,(H,18,19). The Hall–Kier alpha value is -1.34. The SMILES string of the molecule is Cc1[nH]cnc1CNc1cc(Cl)cc(Br)c1OC(F)F. The molecule has 1 aromatic heterocycles. The maximum absolute atomic E-state index is 12.4. The Kier molecular flexibility index (Phi) is 4.82. The quantitative estimate of drug-likeness (QED) is 0.827. The molecule has 4 nitrogen and oxygen atoms in total. The van der Waals surface area contributed by atoms with Gasteiger partial charge in [-0.2, -0.15) is 8.78 Å². The van der Waals surface area contributed by atoms with E-state index in [1.165, 1.54) is 12.1 Å². The van der Waals surface area contributed by atoms with Gasteiger partial charge in [-0.3, -0.25) is 0 Å². The topological polar surface area (TPSA) is 49.9 Å². The van der Waals surface area contributed by atoms with Crippen molar-refractivity contribution >= 4 is 33.2 Å². The molecule has 0 fully saturated rings. The van der Waals surface area contributed by atoms with Gasteiger partial charge in [0.25, 0.3) is 0 Å². The van der Waals surface area contributed by atoms with Gasteiger partial charge in [0, 0.05) is 10.7 Å². The lowest BCUT2D eigenvalue weighted by molar-refractivity contribution is -0.0498. The largest absolute Gasteiger partial charge is 0.431 e. The van der Waals surface area contributed by atoms with Crippen molar-refractivity contribution in [2.75, 3.05) is 5.32 Å². The molecule has 8 heteroatoms. The summed E-state index contributed by atoms with van der Waals surface area (Å²) < 4.78 is 29.7. The van der Waals surface area contributed by atoms with Crippen LogP contribution in [0.15, 0.2) is 22.9 Å². The monoisotopic (exact) mass is 365 g/mol. The van der Waals surface area contributed by atoms with Crippen molar-refractivity contribution in [1.29, 1.82) is 0 Å². The summed E-state index contributed by atoms with van der Waals surface area (Å²) >= 11 is 9.07. The molecule has 0 atom stereocenters. The lowest BCUT2D eigenvalue weighted by atomic mass is 10.2. The number of benzene rings is 1. The van der Waals surface area contributed by atoms with E-state index in [1.54, 1.807) is 6.33 Å². The molecule has 0 aliphatic carbocycles. The van der Waals surface area contributed by atoms with Crippen molar-refractivity contribution in [2.45, 2.75) is 20.1 Å². The minimum Gasteiger partial charge on any atom is -0.431 e. The number of ether oxygens (including phenoxy) is 1. The number of anilines is 1. The summed E-state index contributed by atoms with van der Waals surface area (Å²) in [5, 5.41) is 3.39. The van der Waals surface area contributed by atoms with Crippen LogP contribution in [0.3, 0.4) is 0 Å². The van der Waals surface area contributed by atoms with E-state index in [-0.39, 0.29) is 5.75 Å². The lowest BCUT2D eigenvalue weighted by Gasteiger charge is -2.14. The van der Waals surface area contributed by atoms with Gasteiger partial charge in [0.15, 0.2) is 5.75 Å². The number of nitrogens with one attached hydrogen (secondary N) is 2. The minimum absolute atomic E-state index is 0.0117. The molecule has 1 heterocycles. The minimum atomic E-state index is -2.92. The molecule has 0 aliphatic rings. The number of nitrogens with zero attached hydrogens (tertiary/aromatic N) is 1. The zero-order valence-electron chi connectivity index (χ0n) is 10.4. The molecular formula is C12H11BrClF2N3O. The van der Waals surface area contributed by atoms with Gasteiger partial charge >= 0.3 is 6.61 Å². The number of hydrogen-bond acceptors (Lipinski definition) is 3. The van der Waals surface area contributed by atoms with Crippen LogP contribution in [0.4, 0.5) is 14.5 Å². The Morgan fingerprint density at radius 1 is 1.50 bits per heavy atom. The van der Waals surface area contributed by atoms with Crippen molar-refractivity contribution in [3.8, 4) is 5.75 Å². The predicted octanol–water partition coefficient (Wildman–Crippen LogP) is 4.35. The van der Waals surface area contributed by atoms with Crippen molar-refractivity contribution in [1.82, 2.24) is 9.97 Å². The van der Waals surface area contributed by atoms with Crippen LogP contribution < -0.4 is 10.1 Å². The number of imidazole rings is 1. The predicted molar refractivity (Wildman–Crippen MR) is 76.4 cm³/mol. The average Bonchev–Trinajstić information content (AvgIpc) is 2.76. The summed E-state index contributed by atoms with van der Waals surface area (Å²) in [6.07, 6.45) is 1.57. The van der Waals surface area contributed by atoms with Crippen molar-refractivity contribution in [3.63, 3.8) is 0 Å². The molecule has 20 heavy (non-hydrogen) atoms. The fourth-order valence-corrected chi connectivity index (χ4v) is 2.55. The normalized spacial score (nSPS) is 10.9. The molecule has 0 radical (unpaired) electrons. The van der Waals surface area contributed by atoms with Crippen LogP contribution in [-0.4, -0.2) is 16.6 Å². The molecule has 108 valence electrons. The van der Waals surface area contributed by atoms with Gasteiger partial charge in [0.05, 0.1) is 28.7 Å². The maximum atomic E-state index is 12.4. The van der Waals surface area contributed by atoms with Gasteiger partial charge < -0.3 is 15.0 Å². The summed E-state index contributed by atoms with van der Waals surface area (Å²) in [7, 11) is 0. The van der Waals surface area contributed by atoms with Crippen LogP contribution in [0.2, 0.25) is 5.02 Å². The number of halogens is 4. The molecule has 0 amide bonds. The van der Waals surface area contributed by atoms with Gasteiger partial charge in [0.2, 0.25) is 0 Å². The van der Waals surface area contributed by atoms with Crippen LogP contribution in [0.25, 0.3) is 0 Å². The molecule has 0 aliphatic heterocycles. The van der Waals surface area contributed by atoms with E-state index in [0.29, 0.717) is 21.7 Å². The number of hydrogen-bond donors (Lipinski definition) is 2. The molecule has 2 rings (SSSR count). The van der Waals surface area contributed by atoms with E-state index in [1.807, 2.05) is 6.92 Å². The molecule has 0 bridgehead atoms. The van der Waals surface area contributed by atoms with E-state index in [9.17, 15) is 8.78 Å². The van der Waals surface area contributed by atoms with Gasteiger partial charge in [-0.15, -0.1) is 0 Å². The highest BCUT2D eigenvalue weighted by atomic mass is 79.9. The maximum Gasteiger partial charge on any atom is 0.387 e. The first-order chi connectivity index (χ1) is 9.47. The number of aromatic amines is 1. The van der Waals surface area contributed by atoms with E-state index in [2.05, 4.69) is 36.0 Å². The highest BCUT2D eigenvalue weighted by molar-refractivity contribution is 9.10. The molecule has 0 saturated carbocycles. The van der Waals surface area contributed by atoms with Gasteiger partial charge in [-0.25, -0.2) is 4.98 Å². The van der Waals surface area contributed by atoms with E-state index < -0.39 is 6.61 Å². The fraction of sp³-hybridized carbons (Fsp3) is 0.250. The summed E-state index contributed by atoms with van der Waals surface area (Å²) in [6.45, 7) is -0.684. The number of rotatable bonds is 5. The Labute approximate surface area is 127 Å². The molecule has 0 saturated heterocycles. The van der Waals surface area contributed by atoms with Gasteiger partial charge in [-0.1, -0.05) is 11.6 Å². The second-order valence-corrected chi connectivity index (χ2v) is 5.26. The van der Waals surface area contributed by atoms with Crippen LogP contribution in [-0.2, 0) is 6.54 Å². The zero-order valence-corrected chi connectivity index (χ0v) is 12.7. The first-order valence-corrected chi connectivity index (χ1v) is 6.81. The molecular weight excluding hydrogens is 356 g/mol. The molecule has 0 spiro atoms. The third-order valence-electron chi connectivity index (χ3n) is 2.60. The van der Waals surface area contributed by atoms with Crippen LogP contribution >= 0.6 is 27.5 Å². The van der Waals surface area contributed by atoms with Crippen molar-refractivity contribution < 1.29 is 13.5 Å². The fourth-order valence-electron chi connectivity index (χ4n) is 1.64. The zero-order chi connectivity index (χ0) is 14.7. The van der Waals surface area contributed by atoms with Crippen LogP contribution in [0.1, 0.15) is 11.4 Å².